The molecule has 5 nitrogen and oxygen atoms in total. The first-order valence-corrected chi connectivity index (χ1v) is 9.68. The Morgan fingerprint density at radius 3 is 2.29 bits per heavy atom. The molecule has 5 aromatic rings. The van der Waals surface area contributed by atoms with Gasteiger partial charge in [0.15, 0.2) is 5.82 Å². The molecule has 5 rings (SSSR count). The van der Waals surface area contributed by atoms with Gasteiger partial charge in [-0.2, -0.15) is 0 Å². The summed E-state index contributed by atoms with van der Waals surface area (Å²) in [6.07, 6.45) is 3.54. The van der Waals surface area contributed by atoms with Crippen molar-refractivity contribution >= 4 is 21.6 Å². The molecule has 0 atom stereocenters. The van der Waals surface area contributed by atoms with Crippen LogP contribution in [-0.2, 0) is 7.05 Å². The summed E-state index contributed by atoms with van der Waals surface area (Å²) in [4.78, 5) is 26.0. The number of H-pyrrole nitrogens is 1. The number of hydrogen-bond acceptors (Lipinski definition) is 4. The summed E-state index contributed by atoms with van der Waals surface area (Å²) in [6.45, 7) is 0. The molecule has 0 fully saturated rings. The van der Waals surface area contributed by atoms with Crippen LogP contribution in [0.25, 0.3) is 43.3 Å². The summed E-state index contributed by atoms with van der Waals surface area (Å²) < 4.78 is 2.46. The fourth-order valence-electron chi connectivity index (χ4n) is 3.31. The molecule has 3 heterocycles. The highest BCUT2D eigenvalue weighted by molar-refractivity contribution is 7.22. The van der Waals surface area contributed by atoms with E-state index in [4.69, 9.17) is 4.98 Å². The maximum atomic E-state index is 12.9. The second-order valence-corrected chi connectivity index (χ2v) is 7.58. The first-order valence-electron chi connectivity index (χ1n) is 8.87. The van der Waals surface area contributed by atoms with Crippen LogP contribution in [0.15, 0.2) is 78.0 Å². The lowest BCUT2D eigenvalue weighted by atomic mass is 10.0. The first-order chi connectivity index (χ1) is 13.7. The zero-order valence-corrected chi connectivity index (χ0v) is 15.9. The summed E-state index contributed by atoms with van der Waals surface area (Å²) in [5.74, 6) is 0.479. The SMILES string of the molecule is Cn1cnc(-c2nc3c(-c4ccccc4)c(-c4ccccc4)sc3c(=O)[nH]2)c1. The van der Waals surface area contributed by atoms with E-state index in [1.54, 1.807) is 6.33 Å². The molecule has 2 aromatic carbocycles. The van der Waals surface area contributed by atoms with E-state index >= 15 is 0 Å². The Kier molecular flexibility index (Phi) is 3.91. The minimum absolute atomic E-state index is 0.144. The summed E-state index contributed by atoms with van der Waals surface area (Å²) in [7, 11) is 1.89. The van der Waals surface area contributed by atoms with Gasteiger partial charge >= 0.3 is 0 Å². The molecule has 136 valence electrons. The summed E-state index contributed by atoms with van der Waals surface area (Å²) in [5, 5.41) is 0. The van der Waals surface area contributed by atoms with Crippen molar-refractivity contribution in [3.05, 3.63) is 83.5 Å². The largest absolute Gasteiger partial charge is 0.340 e. The first kappa shape index (κ1) is 16.6. The van der Waals surface area contributed by atoms with E-state index in [1.807, 2.05) is 54.2 Å². The van der Waals surface area contributed by atoms with Crippen LogP contribution in [0, 0.1) is 0 Å². The molecule has 0 aliphatic heterocycles. The van der Waals surface area contributed by atoms with Crippen LogP contribution in [-0.4, -0.2) is 19.5 Å². The van der Waals surface area contributed by atoms with Crippen LogP contribution in [0.4, 0.5) is 0 Å². The third-order valence-electron chi connectivity index (χ3n) is 4.59. The van der Waals surface area contributed by atoms with E-state index in [9.17, 15) is 4.79 Å². The number of benzene rings is 2. The fraction of sp³-hybridized carbons (Fsp3) is 0.0455. The monoisotopic (exact) mass is 384 g/mol. The Hall–Kier alpha value is -3.51. The summed E-state index contributed by atoms with van der Waals surface area (Å²) >= 11 is 1.48. The molecule has 0 aliphatic carbocycles. The Morgan fingerprint density at radius 2 is 1.64 bits per heavy atom. The predicted molar refractivity (Wildman–Crippen MR) is 113 cm³/mol. The number of aromatic nitrogens is 4. The second-order valence-electron chi connectivity index (χ2n) is 6.55. The molecule has 3 aromatic heterocycles. The summed E-state index contributed by atoms with van der Waals surface area (Å²) in [5.41, 5.74) is 4.30. The lowest BCUT2D eigenvalue weighted by Crippen LogP contribution is -2.08. The number of aryl methyl sites for hydroxylation is 1. The van der Waals surface area contributed by atoms with Crippen LogP contribution in [0.2, 0.25) is 0 Å². The van der Waals surface area contributed by atoms with Gasteiger partial charge in [0.25, 0.3) is 5.56 Å². The topological polar surface area (TPSA) is 63.6 Å². The van der Waals surface area contributed by atoms with E-state index in [2.05, 4.69) is 34.2 Å². The highest BCUT2D eigenvalue weighted by atomic mass is 32.1. The quantitative estimate of drug-likeness (QED) is 0.490. The number of aromatic amines is 1. The zero-order chi connectivity index (χ0) is 19.1. The van der Waals surface area contributed by atoms with Gasteiger partial charge in [-0.1, -0.05) is 60.7 Å². The number of imidazole rings is 1. The molecule has 0 spiro atoms. The van der Waals surface area contributed by atoms with E-state index in [0.29, 0.717) is 21.7 Å². The highest BCUT2D eigenvalue weighted by Gasteiger charge is 2.20. The molecule has 1 N–H and O–H groups in total. The van der Waals surface area contributed by atoms with Crippen molar-refractivity contribution in [1.82, 2.24) is 19.5 Å². The molecule has 0 unspecified atom stereocenters. The standard InChI is InChI=1S/C22H16N4OS/c1-26-12-16(23-13-26)21-24-18-17(14-8-4-2-5-9-14)19(15-10-6-3-7-11-15)28-20(18)22(27)25-21/h2-13H,1H3,(H,24,25,27). The Labute approximate surface area is 165 Å². The molecule has 0 bridgehead atoms. The molecule has 6 heteroatoms. The Bertz CT molecular complexity index is 1330. The molecule has 0 radical (unpaired) electrons. The average Bonchev–Trinajstić information content (AvgIpc) is 3.33. The van der Waals surface area contributed by atoms with Gasteiger partial charge in [-0.25, -0.2) is 9.97 Å². The van der Waals surface area contributed by atoms with Crippen LogP contribution in [0.3, 0.4) is 0 Å². The second kappa shape index (κ2) is 6.58. The van der Waals surface area contributed by atoms with Gasteiger partial charge in [-0.05, 0) is 11.1 Å². The number of nitrogens with zero attached hydrogens (tertiary/aromatic N) is 3. The maximum Gasteiger partial charge on any atom is 0.269 e. The Morgan fingerprint density at radius 1 is 0.964 bits per heavy atom. The molecular weight excluding hydrogens is 368 g/mol. The van der Waals surface area contributed by atoms with Crippen molar-refractivity contribution < 1.29 is 0 Å². The van der Waals surface area contributed by atoms with Crippen molar-refractivity contribution in [2.24, 2.45) is 7.05 Å². The van der Waals surface area contributed by atoms with Crippen molar-refractivity contribution in [3.8, 4) is 33.1 Å². The normalized spacial score (nSPS) is 11.2. The molecule has 0 aliphatic rings. The number of nitrogens with one attached hydrogen (secondary N) is 1. The van der Waals surface area contributed by atoms with Gasteiger partial charge in [-0.3, -0.25) is 4.79 Å². The lowest BCUT2D eigenvalue weighted by molar-refractivity contribution is 0.913. The van der Waals surface area contributed by atoms with Crippen molar-refractivity contribution in [1.29, 1.82) is 0 Å². The van der Waals surface area contributed by atoms with Gasteiger partial charge in [0, 0.05) is 23.7 Å². The van der Waals surface area contributed by atoms with Crippen molar-refractivity contribution in [2.75, 3.05) is 0 Å². The molecular formula is C22H16N4OS. The third kappa shape index (κ3) is 2.75. The van der Waals surface area contributed by atoms with Gasteiger partial charge in [0.2, 0.25) is 0 Å². The lowest BCUT2D eigenvalue weighted by Gasteiger charge is -2.05. The van der Waals surface area contributed by atoms with Gasteiger partial charge in [-0.15, -0.1) is 11.3 Å². The van der Waals surface area contributed by atoms with Gasteiger partial charge in [0.05, 0.1) is 11.8 Å². The molecule has 0 saturated heterocycles. The van der Waals surface area contributed by atoms with Crippen LogP contribution < -0.4 is 5.56 Å². The third-order valence-corrected chi connectivity index (χ3v) is 5.82. The number of thiophene rings is 1. The number of hydrogen-bond donors (Lipinski definition) is 1. The number of rotatable bonds is 3. The minimum atomic E-state index is -0.144. The van der Waals surface area contributed by atoms with Gasteiger partial charge < -0.3 is 9.55 Å². The van der Waals surface area contributed by atoms with E-state index in [0.717, 1.165) is 21.6 Å². The van der Waals surface area contributed by atoms with E-state index < -0.39 is 0 Å². The van der Waals surface area contributed by atoms with E-state index in [1.165, 1.54) is 11.3 Å². The average molecular weight is 384 g/mol. The van der Waals surface area contributed by atoms with Crippen LogP contribution in [0.5, 0.6) is 0 Å². The smallest absolute Gasteiger partial charge is 0.269 e. The van der Waals surface area contributed by atoms with E-state index in [-0.39, 0.29) is 5.56 Å². The maximum absolute atomic E-state index is 12.9. The Balaban J connectivity index is 1.86. The predicted octanol–water partition coefficient (Wildman–Crippen LogP) is 4.72. The fourth-order valence-corrected chi connectivity index (χ4v) is 4.47. The van der Waals surface area contributed by atoms with Crippen LogP contribution >= 0.6 is 11.3 Å². The van der Waals surface area contributed by atoms with Crippen LogP contribution in [0.1, 0.15) is 0 Å². The molecule has 0 amide bonds. The molecule has 0 saturated carbocycles. The van der Waals surface area contributed by atoms with Crippen molar-refractivity contribution in [3.63, 3.8) is 0 Å². The number of fused-ring (bicyclic) bond motifs is 1. The molecule has 28 heavy (non-hydrogen) atoms. The van der Waals surface area contributed by atoms with Crippen molar-refractivity contribution in [2.45, 2.75) is 0 Å². The summed E-state index contributed by atoms with van der Waals surface area (Å²) in [6, 6.07) is 20.2. The highest BCUT2D eigenvalue weighted by Crippen LogP contribution is 2.42. The minimum Gasteiger partial charge on any atom is -0.340 e. The zero-order valence-electron chi connectivity index (χ0n) is 15.1. The van der Waals surface area contributed by atoms with Gasteiger partial charge in [0.1, 0.15) is 10.4 Å².